The fraction of sp³-hybridized carbons (Fsp3) is 0.136. The Morgan fingerprint density at radius 2 is 1.69 bits per heavy atom. The number of nitro benzene ring substituents is 1. The van der Waals surface area contributed by atoms with Crippen molar-refractivity contribution in [2.45, 2.75) is 13.0 Å². The summed E-state index contributed by atoms with van der Waals surface area (Å²) in [5.74, 6) is -0.614. The molecule has 1 amide bonds. The molecule has 0 fully saturated rings. The fourth-order valence-corrected chi connectivity index (χ4v) is 3.02. The number of nitro groups is 1. The Hall–Kier alpha value is -3.58. The highest BCUT2D eigenvalue weighted by molar-refractivity contribution is 5.93. The molecule has 3 rings (SSSR count). The minimum atomic E-state index is -0.479. The number of amides is 1. The number of rotatable bonds is 7. The quantitative estimate of drug-likeness (QED) is 0.461. The van der Waals surface area contributed by atoms with Gasteiger partial charge in [0.25, 0.3) is 5.69 Å². The van der Waals surface area contributed by atoms with E-state index >= 15 is 0 Å². The van der Waals surface area contributed by atoms with Crippen LogP contribution in [-0.2, 0) is 4.79 Å². The first-order chi connectivity index (χ1) is 13.9. The molecule has 0 radical (unpaired) electrons. The van der Waals surface area contributed by atoms with Crippen molar-refractivity contribution in [3.63, 3.8) is 0 Å². The second-order valence-corrected chi connectivity index (χ2v) is 6.58. The van der Waals surface area contributed by atoms with Crippen LogP contribution in [0.5, 0.6) is 0 Å². The third-order valence-electron chi connectivity index (χ3n) is 4.50. The molecule has 1 unspecified atom stereocenters. The first-order valence-corrected chi connectivity index (χ1v) is 9.03. The van der Waals surface area contributed by atoms with Crippen molar-refractivity contribution >= 4 is 17.3 Å². The number of halogens is 1. The standard InChI is InChI=1S/C22H20FN3O3/c1-15-13-19(26(28)29)11-12-20(15)25-21(27)14-24-22(16-5-3-2-4-6-16)17-7-9-18(23)10-8-17/h2-13,22,24H,14H2,1H3,(H,25,27). The zero-order valence-corrected chi connectivity index (χ0v) is 15.8. The number of carbonyl (C=O) groups excluding carboxylic acids is 1. The summed E-state index contributed by atoms with van der Waals surface area (Å²) in [6.45, 7) is 1.70. The van der Waals surface area contributed by atoms with Gasteiger partial charge < -0.3 is 5.32 Å². The van der Waals surface area contributed by atoms with E-state index in [4.69, 9.17) is 0 Å². The molecule has 7 heteroatoms. The van der Waals surface area contributed by atoms with Crippen molar-refractivity contribution in [3.8, 4) is 0 Å². The molecule has 29 heavy (non-hydrogen) atoms. The van der Waals surface area contributed by atoms with Crippen molar-refractivity contribution in [2.24, 2.45) is 0 Å². The summed E-state index contributed by atoms with van der Waals surface area (Å²) in [6.07, 6.45) is 0. The number of hydrogen-bond donors (Lipinski definition) is 2. The van der Waals surface area contributed by atoms with Gasteiger partial charge in [-0.15, -0.1) is 0 Å². The number of benzene rings is 3. The van der Waals surface area contributed by atoms with Crippen molar-refractivity contribution in [1.29, 1.82) is 0 Å². The zero-order valence-electron chi connectivity index (χ0n) is 15.8. The largest absolute Gasteiger partial charge is 0.325 e. The van der Waals surface area contributed by atoms with Gasteiger partial charge in [-0.1, -0.05) is 42.5 Å². The Bertz CT molecular complexity index is 1010. The van der Waals surface area contributed by atoms with Crippen molar-refractivity contribution in [1.82, 2.24) is 5.32 Å². The van der Waals surface area contributed by atoms with Crippen LogP contribution in [0.15, 0.2) is 72.8 Å². The van der Waals surface area contributed by atoms with Crippen molar-refractivity contribution in [2.75, 3.05) is 11.9 Å². The SMILES string of the molecule is Cc1cc([N+](=O)[O-])ccc1NC(=O)CNC(c1ccccc1)c1ccc(F)cc1. The van der Waals surface area contributed by atoms with E-state index in [0.717, 1.165) is 11.1 Å². The number of non-ortho nitro benzene ring substituents is 1. The average molecular weight is 393 g/mol. The van der Waals surface area contributed by atoms with E-state index in [1.165, 1.54) is 30.3 Å². The molecule has 0 aromatic heterocycles. The Morgan fingerprint density at radius 1 is 1.03 bits per heavy atom. The number of hydrogen-bond acceptors (Lipinski definition) is 4. The van der Waals surface area contributed by atoms with Gasteiger partial charge in [-0.05, 0) is 41.8 Å². The molecule has 0 aliphatic heterocycles. The van der Waals surface area contributed by atoms with Crippen LogP contribution in [0.25, 0.3) is 0 Å². The van der Waals surface area contributed by atoms with Crippen LogP contribution >= 0.6 is 0 Å². The summed E-state index contributed by atoms with van der Waals surface area (Å²) < 4.78 is 13.3. The lowest BCUT2D eigenvalue weighted by molar-refractivity contribution is -0.384. The van der Waals surface area contributed by atoms with E-state index < -0.39 is 4.92 Å². The van der Waals surface area contributed by atoms with Crippen LogP contribution in [-0.4, -0.2) is 17.4 Å². The first-order valence-electron chi connectivity index (χ1n) is 9.03. The molecule has 0 aliphatic carbocycles. The van der Waals surface area contributed by atoms with Crippen LogP contribution in [0.3, 0.4) is 0 Å². The van der Waals surface area contributed by atoms with E-state index in [9.17, 15) is 19.3 Å². The van der Waals surface area contributed by atoms with Gasteiger partial charge in [0.2, 0.25) is 5.91 Å². The summed E-state index contributed by atoms with van der Waals surface area (Å²) in [5, 5.41) is 16.8. The molecule has 148 valence electrons. The van der Waals surface area contributed by atoms with Gasteiger partial charge in [-0.25, -0.2) is 4.39 Å². The molecule has 6 nitrogen and oxygen atoms in total. The minimum absolute atomic E-state index is 0.00731. The van der Waals surface area contributed by atoms with Crippen LogP contribution in [0.1, 0.15) is 22.7 Å². The summed E-state index contributed by atoms with van der Waals surface area (Å²) in [6, 6.07) is 19.7. The van der Waals surface area contributed by atoms with Gasteiger partial charge in [-0.2, -0.15) is 0 Å². The van der Waals surface area contributed by atoms with E-state index in [1.807, 2.05) is 30.3 Å². The fourth-order valence-electron chi connectivity index (χ4n) is 3.02. The van der Waals surface area contributed by atoms with Crippen LogP contribution in [0, 0.1) is 22.9 Å². The Kier molecular flexibility index (Phi) is 6.31. The number of nitrogens with zero attached hydrogens (tertiary/aromatic N) is 1. The van der Waals surface area contributed by atoms with Gasteiger partial charge >= 0.3 is 0 Å². The molecule has 0 saturated carbocycles. The molecule has 1 atom stereocenters. The van der Waals surface area contributed by atoms with Gasteiger partial charge in [-0.3, -0.25) is 20.2 Å². The molecule has 3 aromatic rings. The van der Waals surface area contributed by atoms with Gasteiger partial charge in [0.1, 0.15) is 5.82 Å². The molecule has 0 bridgehead atoms. The molecule has 0 heterocycles. The van der Waals surface area contributed by atoms with Crippen LogP contribution in [0.4, 0.5) is 15.8 Å². The number of aryl methyl sites for hydroxylation is 1. The van der Waals surface area contributed by atoms with Crippen LogP contribution in [0.2, 0.25) is 0 Å². The number of anilines is 1. The Labute approximate surface area is 167 Å². The smallest absolute Gasteiger partial charge is 0.269 e. The van der Waals surface area contributed by atoms with E-state index in [0.29, 0.717) is 11.3 Å². The highest BCUT2D eigenvalue weighted by Crippen LogP contribution is 2.23. The van der Waals surface area contributed by atoms with Gasteiger partial charge in [0, 0.05) is 17.8 Å². The molecule has 0 spiro atoms. The monoisotopic (exact) mass is 393 g/mol. The maximum atomic E-state index is 13.3. The number of carbonyl (C=O) groups is 1. The predicted octanol–water partition coefficient (Wildman–Crippen LogP) is 4.36. The molecule has 2 N–H and O–H groups in total. The van der Waals surface area contributed by atoms with E-state index in [1.54, 1.807) is 19.1 Å². The third-order valence-corrected chi connectivity index (χ3v) is 4.50. The molecule has 3 aromatic carbocycles. The Balaban J connectivity index is 1.71. The van der Waals surface area contributed by atoms with E-state index in [2.05, 4.69) is 10.6 Å². The second kappa shape index (κ2) is 9.07. The first kappa shape index (κ1) is 20.2. The molecule has 0 saturated heterocycles. The summed E-state index contributed by atoms with van der Waals surface area (Å²) in [5.41, 5.74) is 2.86. The summed E-state index contributed by atoms with van der Waals surface area (Å²) >= 11 is 0. The highest BCUT2D eigenvalue weighted by atomic mass is 19.1. The summed E-state index contributed by atoms with van der Waals surface area (Å²) in [4.78, 5) is 22.8. The molecular formula is C22H20FN3O3. The lowest BCUT2D eigenvalue weighted by atomic mass is 9.98. The van der Waals surface area contributed by atoms with E-state index in [-0.39, 0.29) is 30.0 Å². The average Bonchev–Trinajstić information content (AvgIpc) is 2.71. The topological polar surface area (TPSA) is 84.3 Å². The number of nitrogens with one attached hydrogen (secondary N) is 2. The summed E-state index contributed by atoms with van der Waals surface area (Å²) in [7, 11) is 0. The predicted molar refractivity (Wildman–Crippen MR) is 109 cm³/mol. The Morgan fingerprint density at radius 3 is 2.31 bits per heavy atom. The van der Waals surface area contributed by atoms with Crippen molar-refractivity contribution in [3.05, 3.63) is 105 Å². The molecule has 0 aliphatic rings. The van der Waals surface area contributed by atoms with Crippen molar-refractivity contribution < 1.29 is 14.1 Å². The second-order valence-electron chi connectivity index (χ2n) is 6.58. The lowest BCUT2D eigenvalue weighted by Crippen LogP contribution is -2.32. The van der Waals surface area contributed by atoms with Crippen LogP contribution < -0.4 is 10.6 Å². The lowest BCUT2D eigenvalue weighted by Gasteiger charge is -2.20. The minimum Gasteiger partial charge on any atom is -0.325 e. The zero-order chi connectivity index (χ0) is 20.8. The maximum Gasteiger partial charge on any atom is 0.269 e. The molecular weight excluding hydrogens is 373 g/mol. The van der Waals surface area contributed by atoms with Gasteiger partial charge in [0.15, 0.2) is 0 Å². The maximum absolute atomic E-state index is 13.3. The van der Waals surface area contributed by atoms with Gasteiger partial charge in [0.05, 0.1) is 17.5 Å². The normalized spacial score (nSPS) is 11.7. The highest BCUT2D eigenvalue weighted by Gasteiger charge is 2.16. The third kappa shape index (κ3) is 5.24.